The van der Waals surface area contributed by atoms with E-state index in [0.717, 1.165) is 12.0 Å². The molecular weight excluding hydrogens is 326 g/mol. The molecule has 0 spiro atoms. The molecule has 0 bridgehead atoms. The third-order valence-electron chi connectivity index (χ3n) is 2.69. The summed E-state index contributed by atoms with van der Waals surface area (Å²) in [6.07, 6.45) is 0.763. The Hall–Kier alpha value is -2.63. The number of hydrogen-bond acceptors (Lipinski definition) is 8. The Bertz CT molecular complexity index is 731. The summed E-state index contributed by atoms with van der Waals surface area (Å²) in [4.78, 5) is 3.90. The molecule has 0 aliphatic rings. The van der Waals surface area contributed by atoms with Gasteiger partial charge in [-0.3, -0.25) is 4.55 Å². The molecule has 0 aliphatic carbocycles. The Kier molecular flexibility index (Phi) is 6.07. The van der Waals surface area contributed by atoms with Crippen molar-refractivity contribution in [3.05, 3.63) is 42.0 Å². The summed E-state index contributed by atoms with van der Waals surface area (Å²) < 4.78 is 34.7. The van der Waals surface area contributed by atoms with Crippen molar-refractivity contribution in [2.75, 3.05) is 23.3 Å². The maximum atomic E-state index is 10.7. The molecule has 0 amide bonds. The van der Waals surface area contributed by atoms with Crippen LogP contribution in [0, 0.1) is 0 Å². The SMILES string of the molecule is Nc1cc(NCCc2ccccc2)nc(N)[n+]1OS(=O)(=O)O.[OH-]. The van der Waals surface area contributed by atoms with Gasteiger partial charge in [-0.1, -0.05) is 35.3 Å². The lowest BCUT2D eigenvalue weighted by Gasteiger charge is -2.07. The van der Waals surface area contributed by atoms with Gasteiger partial charge < -0.3 is 22.3 Å². The van der Waals surface area contributed by atoms with Crippen LogP contribution in [-0.4, -0.2) is 30.0 Å². The van der Waals surface area contributed by atoms with Crippen molar-refractivity contribution < 1.29 is 27.5 Å². The molecule has 0 saturated heterocycles. The number of nitrogens with two attached hydrogens (primary N) is 2. The zero-order valence-electron chi connectivity index (χ0n) is 12.0. The molecule has 0 radical (unpaired) electrons. The normalized spacial score (nSPS) is 10.7. The molecule has 0 fully saturated rings. The minimum Gasteiger partial charge on any atom is -0.870 e. The van der Waals surface area contributed by atoms with Crippen molar-refractivity contribution >= 4 is 28.0 Å². The molecule has 7 N–H and O–H groups in total. The predicted octanol–water partition coefficient (Wildman–Crippen LogP) is -0.757. The highest BCUT2D eigenvalue weighted by Gasteiger charge is 2.19. The van der Waals surface area contributed by atoms with Crippen molar-refractivity contribution in [3.63, 3.8) is 0 Å². The minimum absolute atomic E-state index is 0. The van der Waals surface area contributed by atoms with Gasteiger partial charge >= 0.3 is 16.3 Å². The van der Waals surface area contributed by atoms with E-state index in [1.807, 2.05) is 30.3 Å². The molecule has 2 aromatic rings. The number of nitrogens with one attached hydrogen (secondary N) is 1. The van der Waals surface area contributed by atoms with Crippen LogP contribution in [0.25, 0.3) is 0 Å². The van der Waals surface area contributed by atoms with Crippen LogP contribution in [0.4, 0.5) is 17.6 Å². The van der Waals surface area contributed by atoms with Gasteiger partial charge in [0.2, 0.25) is 5.82 Å². The summed E-state index contributed by atoms with van der Waals surface area (Å²) in [5.41, 5.74) is 12.3. The molecule has 11 heteroatoms. The van der Waals surface area contributed by atoms with Gasteiger partial charge in [-0.2, -0.15) is 8.42 Å². The van der Waals surface area contributed by atoms with Gasteiger partial charge in [-0.05, 0) is 16.7 Å². The Morgan fingerprint density at radius 2 is 1.91 bits per heavy atom. The second-order valence-electron chi connectivity index (χ2n) is 4.38. The lowest BCUT2D eigenvalue weighted by molar-refractivity contribution is -0.835. The predicted molar refractivity (Wildman–Crippen MR) is 82.0 cm³/mol. The summed E-state index contributed by atoms with van der Waals surface area (Å²) in [5.74, 6) is -0.0895. The van der Waals surface area contributed by atoms with Crippen molar-refractivity contribution in [2.24, 2.45) is 0 Å². The Morgan fingerprint density at radius 3 is 2.48 bits per heavy atom. The Balaban J connectivity index is 0.00000264. The Morgan fingerprint density at radius 1 is 1.26 bits per heavy atom. The van der Waals surface area contributed by atoms with E-state index in [4.69, 9.17) is 16.0 Å². The fraction of sp³-hybridized carbons (Fsp3) is 0.167. The quantitative estimate of drug-likeness (QED) is 0.388. The maximum absolute atomic E-state index is 10.7. The van der Waals surface area contributed by atoms with Crippen molar-refractivity contribution in [1.82, 2.24) is 4.98 Å². The number of nitrogens with zero attached hydrogens (tertiary/aromatic N) is 2. The lowest BCUT2D eigenvalue weighted by Crippen LogP contribution is -2.50. The van der Waals surface area contributed by atoms with Gasteiger partial charge in [0.1, 0.15) is 0 Å². The molecule has 1 aromatic carbocycles. The zero-order chi connectivity index (χ0) is 16.2. The first-order chi connectivity index (χ1) is 10.3. The van der Waals surface area contributed by atoms with Crippen LogP contribution >= 0.6 is 0 Å². The van der Waals surface area contributed by atoms with Gasteiger partial charge in [-0.25, -0.2) is 4.28 Å². The number of aromatic nitrogens is 2. The van der Waals surface area contributed by atoms with Gasteiger partial charge in [0.25, 0.3) is 0 Å². The molecule has 126 valence electrons. The van der Waals surface area contributed by atoms with Gasteiger partial charge in [0, 0.05) is 6.54 Å². The number of rotatable bonds is 6. The fourth-order valence-electron chi connectivity index (χ4n) is 1.78. The van der Waals surface area contributed by atoms with Crippen LogP contribution in [0.1, 0.15) is 5.56 Å². The highest BCUT2D eigenvalue weighted by Crippen LogP contribution is 2.08. The van der Waals surface area contributed by atoms with Gasteiger partial charge in [-0.15, -0.1) is 0 Å². The van der Waals surface area contributed by atoms with E-state index in [1.54, 1.807) is 0 Å². The summed E-state index contributed by atoms with van der Waals surface area (Å²) in [6, 6.07) is 11.2. The largest absolute Gasteiger partial charge is 0.870 e. The first-order valence-corrected chi connectivity index (χ1v) is 7.65. The second-order valence-corrected chi connectivity index (χ2v) is 5.39. The molecule has 0 aliphatic heterocycles. The number of nitrogen functional groups attached to an aromatic ring is 2. The molecule has 1 heterocycles. The monoisotopic (exact) mass is 343 g/mol. The topological polar surface area (TPSA) is 174 Å². The second kappa shape index (κ2) is 7.58. The number of benzene rings is 1. The molecule has 10 nitrogen and oxygen atoms in total. The molecule has 1 aromatic heterocycles. The summed E-state index contributed by atoms with van der Waals surface area (Å²) in [6.45, 7) is 0.582. The van der Waals surface area contributed by atoms with E-state index >= 15 is 0 Å². The minimum atomic E-state index is -4.75. The summed E-state index contributed by atoms with van der Waals surface area (Å²) in [7, 11) is -4.75. The molecule has 23 heavy (non-hydrogen) atoms. The average molecular weight is 343 g/mol. The molecule has 0 atom stereocenters. The third kappa shape index (κ3) is 5.58. The Labute approximate surface area is 132 Å². The van der Waals surface area contributed by atoms with Crippen molar-refractivity contribution in [1.29, 1.82) is 0 Å². The van der Waals surface area contributed by atoms with Crippen LogP contribution in [0.2, 0.25) is 0 Å². The highest BCUT2D eigenvalue weighted by atomic mass is 32.3. The van der Waals surface area contributed by atoms with Crippen molar-refractivity contribution in [2.45, 2.75) is 6.42 Å². The van der Waals surface area contributed by atoms with E-state index in [2.05, 4.69) is 14.6 Å². The molecule has 0 saturated carbocycles. The lowest BCUT2D eigenvalue weighted by atomic mass is 10.1. The summed E-state index contributed by atoms with van der Waals surface area (Å²) in [5, 5.41) is 3.01. The van der Waals surface area contributed by atoms with Gasteiger partial charge in [0.15, 0.2) is 5.82 Å². The first kappa shape index (κ1) is 18.4. The molecule has 2 rings (SSSR count). The standard InChI is InChI=1S/C12H15N5O4S.H2O/c13-10-8-11(15-7-6-9-4-2-1-3-5-9)16-12(14)17(10)21-22(18,19)20;/h1-5,8H,6-7H2,(H5,13,14,15,16,18,19,20);1H2. The number of anilines is 3. The first-order valence-electron chi connectivity index (χ1n) is 6.28. The van der Waals surface area contributed by atoms with E-state index in [1.165, 1.54) is 6.07 Å². The van der Waals surface area contributed by atoms with Crippen molar-refractivity contribution in [3.8, 4) is 0 Å². The van der Waals surface area contributed by atoms with Crippen LogP contribution in [-0.2, 0) is 16.8 Å². The van der Waals surface area contributed by atoms with Crippen LogP contribution in [0.3, 0.4) is 0 Å². The fourth-order valence-corrected chi connectivity index (χ4v) is 2.13. The van der Waals surface area contributed by atoms with Gasteiger partial charge in [0.05, 0.1) is 6.07 Å². The average Bonchev–Trinajstić information content (AvgIpc) is 2.43. The van der Waals surface area contributed by atoms with Crippen LogP contribution in [0.5, 0.6) is 0 Å². The smallest absolute Gasteiger partial charge is 0.474 e. The molecular formula is C12H17N5O5S. The zero-order valence-corrected chi connectivity index (χ0v) is 12.8. The maximum Gasteiger partial charge on any atom is 0.474 e. The highest BCUT2D eigenvalue weighted by molar-refractivity contribution is 7.80. The number of hydrogen-bond donors (Lipinski definition) is 4. The van der Waals surface area contributed by atoms with E-state index < -0.39 is 10.4 Å². The van der Waals surface area contributed by atoms with E-state index in [-0.39, 0.29) is 17.2 Å². The third-order valence-corrected chi connectivity index (χ3v) is 3.03. The van der Waals surface area contributed by atoms with E-state index in [0.29, 0.717) is 17.1 Å². The van der Waals surface area contributed by atoms with E-state index in [9.17, 15) is 8.42 Å². The summed E-state index contributed by atoms with van der Waals surface area (Å²) >= 11 is 0. The van der Waals surface area contributed by atoms with Crippen LogP contribution < -0.4 is 25.8 Å². The molecule has 0 unspecified atom stereocenters. The van der Waals surface area contributed by atoms with Crippen LogP contribution in [0.15, 0.2) is 36.4 Å².